The van der Waals surface area contributed by atoms with Crippen molar-refractivity contribution in [1.29, 1.82) is 0 Å². The monoisotopic (exact) mass is 247 g/mol. The van der Waals surface area contributed by atoms with Gasteiger partial charge in [0.15, 0.2) is 0 Å². The van der Waals surface area contributed by atoms with Gasteiger partial charge in [-0.05, 0) is 25.2 Å². The molecule has 2 aliphatic rings. The standard InChI is InChI=1S/C11H21NO3S/c1-10-4-2-5-11(8-10,9-13)12-6-3-7-16(12,14)15/h10,13H,2-9H2,1H3. The van der Waals surface area contributed by atoms with Gasteiger partial charge in [-0.3, -0.25) is 0 Å². The van der Waals surface area contributed by atoms with Crippen LogP contribution in [0.5, 0.6) is 0 Å². The van der Waals surface area contributed by atoms with E-state index in [-0.39, 0.29) is 12.4 Å². The molecular formula is C11H21NO3S. The minimum Gasteiger partial charge on any atom is -0.394 e. The topological polar surface area (TPSA) is 57.6 Å². The molecule has 2 fully saturated rings. The number of nitrogens with zero attached hydrogens (tertiary/aromatic N) is 1. The Morgan fingerprint density at radius 1 is 1.44 bits per heavy atom. The molecule has 1 aliphatic heterocycles. The molecule has 5 heteroatoms. The summed E-state index contributed by atoms with van der Waals surface area (Å²) in [6.07, 6.45) is 4.50. The fourth-order valence-electron chi connectivity index (χ4n) is 3.25. The molecule has 1 heterocycles. The summed E-state index contributed by atoms with van der Waals surface area (Å²) in [6, 6.07) is 0. The molecule has 0 spiro atoms. The van der Waals surface area contributed by atoms with Gasteiger partial charge >= 0.3 is 0 Å². The van der Waals surface area contributed by atoms with E-state index in [9.17, 15) is 13.5 Å². The fourth-order valence-corrected chi connectivity index (χ4v) is 5.19. The molecule has 2 atom stereocenters. The minimum absolute atomic E-state index is 0.0312. The van der Waals surface area contributed by atoms with Gasteiger partial charge in [-0.2, -0.15) is 4.31 Å². The third-order valence-electron chi connectivity index (χ3n) is 3.99. The van der Waals surface area contributed by atoms with E-state index in [0.717, 1.165) is 25.7 Å². The highest BCUT2D eigenvalue weighted by atomic mass is 32.2. The summed E-state index contributed by atoms with van der Waals surface area (Å²) in [5.41, 5.74) is -0.493. The molecule has 16 heavy (non-hydrogen) atoms. The molecule has 0 aromatic rings. The normalized spacial score (nSPS) is 40.0. The Kier molecular flexibility index (Phi) is 3.29. The predicted molar refractivity (Wildman–Crippen MR) is 62.6 cm³/mol. The Morgan fingerprint density at radius 3 is 2.69 bits per heavy atom. The summed E-state index contributed by atoms with van der Waals surface area (Å²) < 4.78 is 25.5. The van der Waals surface area contributed by atoms with Crippen LogP contribution in [-0.2, 0) is 10.0 Å². The lowest BCUT2D eigenvalue weighted by Crippen LogP contribution is -2.54. The Morgan fingerprint density at radius 2 is 2.19 bits per heavy atom. The van der Waals surface area contributed by atoms with Crippen molar-refractivity contribution in [1.82, 2.24) is 4.31 Å². The van der Waals surface area contributed by atoms with Crippen LogP contribution in [0, 0.1) is 5.92 Å². The number of rotatable bonds is 2. The molecule has 2 unspecified atom stereocenters. The van der Waals surface area contributed by atoms with Gasteiger partial charge in [-0.25, -0.2) is 8.42 Å². The summed E-state index contributed by atoms with van der Waals surface area (Å²) in [7, 11) is -3.11. The average molecular weight is 247 g/mol. The molecule has 1 saturated carbocycles. The first-order valence-corrected chi connectivity index (χ1v) is 7.72. The maximum atomic E-state index is 11.9. The van der Waals surface area contributed by atoms with Crippen LogP contribution >= 0.6 is 0 Å². The van der Waals surface area contributed by atoms with E-state index < -0.39 is 15.6 Å². The molecule has 1 aliphatic carbocycles. The van der Waals surface area contributed by atoms with Crippen molar-refractivity contribution >= 4 is 10.0 Å². The quantitative estimate of drug-likeness (QED) is 0.791. The van der Waals surface area contributed by atoms with Crippen LogP contribution < -0.4 is 0 Å². The van der Waals surface area contributed by atoms with Crippen LogP contribution in [0.4, 0.5) is 0 Å². The Hall–Kier alpha value is -0.130. The maximum Gasteiger partial charge on any atom is 0.214 e. The zero-order chi connectivity index (χ0) is 11.8. The van der Waals surface area contributed by atoms with Crippen LogP contribution in [0.15, 0.2) is 0 Å². The van der Waals surface area contributed by atoms with E-state index in [1.807, 2.05) is 0 Å². The molecule has 0 radical (unpaired) electrons. The van der Waals surface area contributed by atoms with Crippen LogP contribution in [-0.4, -0.2) is 42.3 Å². The molecule has 0 aromatic heterocycles. The van der Waals surface area contributed by atoms with E-state index in [4.69, 9.17) is 0 Å². The molecule has 1 saturated heterocycles. The van der Waals surface area contributed by atoms with E-state index in [0.29, 0.717) is 18.9 Å². The number of hydrogen-bond acceptors (Lipinski definition) is 3. The van der Waals surface area contributed by atoms with Crippen molar-refractivity contribution in [3.63, 3.8) is 0 Å². The molecule has 0 bridgehead atoms. The van der Waals surface area contributed by atoms with Gasteiger partial charge in [0.05, 0.1) is 17.9 Å². The second-order valence-electron chi connectivity index (χ2n) is 5.33. The summed E-state index contributed by atoms with van der Waals surface area (Å²) >= 11 is 0. The summed E-state index contributed by atoms with van der Waals surface area (Å²) in [5.74, 6) is 0.764. The first kappa shape index (κ1) is 12.3. The Bertz CT molecular complexity index is 354. The van der Waals surface area contributed by atoms with Crippen LogP contribution in [0.2, 0.25) is 0 Å². The van der Waals surface area contributed by atoms with Crippen LogP contribution in [0.3, 0.4) is 0 Å². The highest BCUT2D eigenvalue weighted by Gasteiger charge is 2.47. The Balaban J connectivity index is 2.27. The molecule has 0 amide bonds. The third kappa shape index (κ3) is 2.00. The number of aliphatic hydroxyl groups is 1. The van der Waals surface area contributed by atoms with E-state index in [1.165, 1.54) is 0 Å². The van der Waals surface area contributed by atoms with Gasteiger partial charge in [0.1, 0.15) is 0 Å². The summed E-state index contributed by atoms with van der Waals surface area (Å²) in [5, 5.41) is 9.65. The van der Waals surface area contributed by atoms with E-state index in [1.54, 1.807) is 4.31 Å². The molecule has 1 N–H and O–H groups in total. The van der Waals surface area contributed by atoms with Crippen molar-refractivity contribution in [2.24, 2.45) is 5.92 Å². The SMILES string of the molecule is CC1CCCC(CO)(N2CCCS2(=O)=O)C1. The van der Waals surface area contributed by atoms with Crippen molar-refractivity contribution < 1.29 is 13.5 Å². The number of sulfonamides is 1. The smallest absolute Gasteiger partial charge is 0.214 e. The van der Waals surface area contributed by atoms with Gasteiger partial charge in [-0.15, -0.1) is 0 Å². The number of hydrogen-bond donors (Lipinski definition) is 1. The first-order chi connectivity index (χ1) is 7.50. The first-order valence-electron chi connectivity index (χ1n) is 6.12. The predicted octanol–water partition coefficient (Wildman–Crippen LogP) is 0.963. The van der Waals surface area contributed by atoms with E-state index >= 15 is 0 Å². The molecule has 2 rings (SSSR count). The minimum atomic E-state index is -3.11. The van der Waals surface area contributed by atoms with Crippen molar-refractivity contribution in [3.05, 3.63) is 0 Å². The third-order valence-corrected chi connectivity index (χ3v) is 6.04. The zero-order valence-electron chi connectivity index (χ0n) is 9.85. The van der Waals surface area contributed by atoms with Gasteiger partial charge in [0, 0.05) is 6.54 Å². The van der Waals surface area contributed by atoms with Crippen LogP contribution in [0.1, 0.15) is 39.0 Å². The van der Waals surface area contributed by atoms with Gasteiger partial charge < -0.3 is 5.11 Å². The maximum absolute atomic E-state index is 11.9. The highest BCUT2D eigenvalue weighted by Crippen LogP contribution is 2.39. The molecule has 4 nitrogen and oxygen atoms in total. The molecule has 94 valence electrons. The molecule has 0 aromatic carbocycles. The molecular weight excluding hydrogens is 226 g/mol. The summed E-state index contributed by atoms with van der Waals surface area (Å²) in [4.78, 5) is 0. The van der Waals surface area contributed by atoms with Crippen molar-refractivity contribution in [3.8, 4) is 0 Å². The van der Waals surface area contributed by atoms with Crippen molar-refractivity contribution in [2.45, 2.75) is 44.6 Å². The largest absolute Gasteiger partial charge is 0.394 e. The number of aliphatic hydroxyl groups excluding tert-OH is 1. The second-order valence-corrected chi connectivity index (χ2v) is 7.34. The van der Waals surface area contributed by atoms with E-state index in [2.05, 4.69) is 6.92 Å². The lowest BCUT2D eigenvalue weighted by atomic mass is 9.77. The van der Waals surface area contributed by atoms with Gasteiger partial charge in [-0.1, -0.05) is 19.8 Å². The lowest BCUT2D eigenvalue weighted by Gasteiger charge is -2.44. The zero-order valence-corrected chi connectivity index (χ0v) is 10.7. The van der Waals surface area contributed by atoms with Gasteiger partial charge in [0.25, 0.3) is 0 Å². The second kappa shape index (κ2) is 4.27. The average Bonchev–Trinajstić information content (AvgIpc) is 2.58. The lowest BCUT2D eigenvalue weighted by molar-refractivity contribution is 0.0436. The Labute approximate surface area is 97.7 Å². The van der Waals surface area contributed by atoms with Gasteiger partial charge in [0.2, 0.25) is 10.0 Å². The van der Waals surface area contributed by atoms with Crippen molar-refractivity contribution in [2.75, 3.05) is 18.9 Å². The fraction of sp³-hybridized carbons (Fsp3) is 1.00. The summed E-state index contributed by atoms with van der Waals surface area (Å²) in [6.45, 7) is 2.71. The highest BCUT2D eigenvalue weighted by molar-refractivity contribution is 7.89. The van der Waals surface area contributed by atoms with Crippen LogP contribution in [0.25, 0.3) is 0 Å².